The number of para-hydroxylation sites is 1. The molecule has 1 saturated carbocycles. The van der Waals surface area contributed by atoms with Crippen molar-refractivity contribution in [3.63, 3.8) is 0 Å². The number of benzene rings is 1. The van der Waals surface area contributed by atoms with Gasteiger partial charge < -0.3 is 9.47 Å². The van der Waals surface area contributed by atoms with Gasteiger partial charge in [0.2, 0.25) is 5.91 Å². The molecule has 146 valence electrons. The summed E-state index contributed by atoms with van der Waals surface area (Å²) < 4.78 is 3.70. The minimum Gasteiger partial charge on any atom is -0.340 e. The number of aromatic amines is 1. The van der Waals surface area contributed by atoms with Gasteiger partial charge in [-0.2, -0.15) is 0 Å². The predicted molar refractivity (Wildman–Crippen MR) is 106 cm³/mol. The fourth-order valence-electron chi connectivity index (χ4n) is 4.28. The van der Waals surface area contributed by atoms with E-state index in [9.17, 15) is 9.59 Å². The molecule has 0 unspecified atom stereocenters. The van der Waals surface area contributed by atoms with Gasteiger partial charge in [-0.3, -0.25) is 14.7 Å². The highest BCUT2D eigenvalue weighted by molar-refractivity contribution is 5.79. The van der Waals surface area contributed by atoms with Crippen LogP contribution in [0.3, 0.4) is 0 Å². The first-order chi connectivity index (χ1) is 13.7. The van der Waals surface area contributed by atoms with Crippen LogP contribution in [0.5, 0.6) is 0 Å². The molecule has 28 heavy (non-hydrogen) atoms. The van der Waals surface area contributed by atoms with Crippen molar-refractivity contribution in [3.05, 3.63) is 52.8 Å². The molecule has 0 radical (unpaired) electrons. The Kier molecular flexibility index (Phi) is 4.30. The van der Waals surface area contributed by atoms with Crippen molar-refractivity contribution in [2.75, 3.05) is 13.1 Å². The Morgan fingerprint density at radius 3 is 2.89 bits per heavy atom. The largest absolute Gasteiger partial charge is 0.340 e. The van der Waals surface area contributed by atoms with Crippen molar-refractivity contribution in [2.45, 2.75) is 44.7 Å². The number of aromatic nitrogens is 4. The Morgan fingerprint density at radius 1 is 1.21 bits per heavy atom. The highest BCUT2D eigenvalue weighted by Crippen LogP contribution is 2.33. The number of nitrogens with zero attached hydrogens (tertiary/aromatic N) is 4. The third kappa shape index (κ3) is 3.25. The van der Waals surface area contributed by atoms with Gasteiger partial charge in [-0.1, -0.05) is 12.1 Å². The van der Waals surface area contributed by atoms with E-state index in [1.807, 2.05) is 29.3 Å². The summed E-state index contributed by atoms with van der Waals surface area (Å²) in [7, 11) is 0. The van der Waals surface area contributed by atoms with Crippen molar-refractivity contribution < 1.29 is 4.79 Å². The highest BCUT2D eigenvalue weighted by atomic mass is 16.2. The van der Waals surface area contributed by atoms with Crippen LogP contribution in [0.2, 0.25) is 0 Å². The summed E-state index contributed by atoms with van der Waals surface area (Å²) in [6.45, 7) is 2.52. The predicted octanol–water partition coefficient (Wildman–Crippen LogP) is 2.34. The number of fused-ring (bicyclic) bond motifs is 1. The number of rotatable bonds is 5. The number of carbonyl (C=O) groups excluding carboxylic acids is 1. The van der Waals surface area contributed by atoms with Crippen molar-refractivity contribution in [2.24, 2.45) is 5.92 Å². The Bertz CT molecular complexity index is 1060. The zero-order chi connectivity index (χ0) is 19.1. The highest BCUT2D eigenvalue weighted by Gasteiger charge is 2.29. The number of hydrogen-bond acceptors (Lipinski definition) is 3. The molecule has 1 amide bonds. The lowest BCUT2D eigenvalue weighted by molar-refractivity contribution is -0.133. The second kappa shape index (κ2) is 6.96. The second-order valence-electron chi connectivity index (χ2n) is 8.11. The summed E-state index contributed by atoms with van der Waals surface area (Å²) in [6.07, 6.45) is 8.59. The Balaban J connectivity index is 1.30. The Morgan fingerprint density at radius 2 is 2.07 bits per heavy atom. The Hall–Kier alpha value is -2.83. The lowest BCUT2D eigenvalue weighted by Gasteiger charge is -2.32. The second-order valence-corrected chi connectivity index (χ2v) is 8.11. The maximum absolute atomic E-state index is 12.9. The van der Waals surface area contributed by atoms with E-state index in [4.69, 9.17) is 0 Å². The van der Waals surface area contributed by atoms with Crippen LogP contribution in [0.25, 0.3) is 10.9 Å². The number of likely N-dealkylation sites (tertiary alicyclic amines) is 1. The number of H-pyrrole nitrogens is 1. The summed E-state index contributed by atoms with van der Waals surface area (Å²) in [4.78, 5) is 31.9. The molecule has 1 aliphatic carbocycles. The minimum atomic E-state index is -0.141. The van der Waals surface area contributed by atoms with Crippen molar-refractivity contribution in [1.29, 1.82) is 0 Å². The number of nitrogens with one attached hydrogen (secondary N) is 1. The first-order valence-corrected chi connectivity index (χ1v) is 10.2. The average molecular weight is 379 g/mol. The van der Waals surface area contributed by atoms with Crippen LogP contribution < -0.4 is 5.56 Å². The maximum atomic E-state index is 12.9. The van der Waals surface area contributed by atoms with Crippen LogP contribution in [0.15, 0.2) is 41.5 Å². The molecule has 1 saturated heterocycles. The number of hydrogen-bond donors (Lipinski definition) is 1. The molecule has 1 aliphatic heterocycles. The summed E-state index contributed by atoms with van der Waals surface area (Å²) in [5.74, 6) is 2.15. The van der Waals surface area contributed by atoms with Gasteiger partial charge in [0.15, 0.2) is 0 Å². The van der Waals surface area contributed by atoms with Gasteiger partial charge in [-0.25, -0.2) is 9.67 Å². The summed E-state index contributed by atoms with van der Waals surface area (Å²) in [6, 6.07) is 7.35. The number of carbonyl (C=O) groups is 1. The number of amides is 1. The molecule has 1 atom stereocenters. The smallest absolute Gasteiger partial charge is 0.274 e. The first kappa shape index (κ1) is 17.3. The molecule has 3 heterocycles. The van der Waals surface area contributed by atoms with E-state index in [0.717, 1.165) is 43.2 Å². The zero-order valence-electron chi connectivity index (χ0n) is 15.9. The fourth-order valence-corrected chi connectivity index (χ4v) is 4.28. The molecule has 2 fully saturated rings. The van der Waals surface area contributed by atoms with Gasteiger partial charge in [0.05, 0.1) is 10.9 Å². The molecule has 5 rings (SSSR count). The molecule has 7 nitrogen and oxygen atoms in total. The summed E-state index contributed by atoms with van der Waals surface area (Å²) >= 11 is 0. The van der Waals surface area contributed by atoms with E-state index in [-0.39, 0.29) is 23.9 Å². The minimum absolute atomic E-state index is 0.0151. The molecule has 1 aromatic carbocycles. The van der Waals surface area contributed by atoms with E-state index < -0.39 is 0 Å². The maximum Gasteiger partial charge on any atom is 0.274 e. The van der Waals surface area contributed by atoms with Gasteiger partial charge in [0, 0.05) is 37.9 Å². The van der Waals surface area contributed by atoms with Gasteiger partial charge in [-0.05, 0) is 43.7 Å². The van der Waals surface area contributed by atoms with Crippen LogP contribution in [0.4, 0.5) is 0 Å². The molecule has 0 bridgehead atoms. The van der Waals surface area contributed by atoms with Gasteiger partial charge >= 0.3 is 0 Å². The Labute approximate surface area is 163 Å². The number of piperidine rings is 1. The van der Waals surface area contributed by atoms with Crippen LogP contribution in [-0.4, -0.2) is 43.2 Å². The van der Waals surface area contributed by atoms with Crippen LogP contribution in [0.1, 0.15) is 37.4 Å². The molecular formula is C21H25N5O2. The van der Waals surface area contributed by atoms with E-state index in [0.29, 0.717) is 11.9 Å². The zero-order valence-corrected chi connectivity index (χ0v) is 15.9. The normalized spacial score (nSPS) is 20.0. The molecule has 2 aromatic heterocycles. The van der Waals surface area contributed by atoms with Gasteiger partial charge in [-0.15, -0.1) is 0 Å². The van der Waals surface area contributed by atoms with E-state index >= 15 is 0 Å². The molecule has 7 heteroatoms. The van der Waals surface area contributed by atoms with Crippen molar-refractivity contribution in [1.82, 2.24) is 24.2 Å². The van der Waals surface area contributed by atoms with Crippen LogP contribution in [0, 0.1) is 5.92 Å². The van der Waals surface area contributed by atoms with Crippen molar-refractivity contribution >= 4 is 16.8 Å². The van der Waals surface area contributed by atoms with Gasteiger partial charge in [0.25, 0.3) is 5.56 Å². The average Bonchev–Trinajstić information content (AvgIpc) is 3.32. The van der Waals surface area contributed by atoms with E-state index in [2.05, 4.69) is 20.8 Å². The summed E-state index contributed by atoms with van der Waals surface area (Å²) in [5, 5.41) is 3.67. The third-order valence-electron chi connectivity index (χ3n) is 5.99. The molecular weight excluding hydrogens is 354 g/mol. The standard InChI is InChI=1S/C21H25N5O2/c27-19(14-26-21(28)17-5-1-2-6-18(17)23-26)24-10-3-4-16(13-24)20-22-9-11-25(20)12-15-7-8-15/h1-2,5-6,9,11,15-16,23H,3-4,7-8,10,12-14H2/t16-/m1/s1. The third-order valence-corrected chi connectivity index (χ3v) is 5.99. The van der Waals surface area contributed by atoms with E-state index in [1.54, 1.807) is 6.07 Å². The molecule has 1 N–H and O–H groups in total. The van der Waals surface area contributed by atoms with Crippen LogP contribution >= 0.6 is 0 Å². The monoisotopic (exact) mass is 379 g/mol. The lowest BCUT2D eigenvalue weighted by Crippen LogP contribution is -2.42. The molecule has 0 spiro atoms. The summed E-state index contributed by atoms with van der Waals surface area (Å²) in [5.41, 5.74) is 0.622. The first-order valence-electron chi connectivity index (χ1n) is 10.2. The molecule has 3 aromatic rings. The quantitative estimate of drug-likeness (QED) is 0.739. The fraction of sp³-hybridized carbons (Fsp3) is 0.476. The SMILES string of the molecule is O=C(Cn1[nH]c2ccccc2c1=O)N1CCC[C@@H](c2nccn2CC2CC2)C1. The van der Waals surface area contributed by atoms with Crippen LogP contribution in [-0.2, 0) is 17.9 Å². The lowest BCUT2D eigenvalue weighted by atomic mass is 9.97. The molecule has 2 aliphatic rings. The topological polar surface area (TPSA) is 75.9 Å². The van der Waals surface area contributed by atoms with Crippen molar-refractivity contribution in [3.8, 4) is 0 Å². The van der Waals surface area contributed by atoms with Gasteiger partial charge in [0.1, 0.15) is 12.4 Å². The van der Waals surface area contributed by atoms with E-state index in [1.165, 1.54) is 17.5 Å². The number of imidazole rings is 1.